The zero-order valence-electron chi connectivity index (χ0n) is 13.6. The molecule has 5 nitrogen and oxygen atoms in total. The van der Waals surface area contributed by atoms with Gasteiger partial charge in [0.15, 0.2) is 0 Å². The lowest BCUT2D eigenvalue weighted by Crippen LogP contribution is -2.19. The van der Waals surface area contributed by atoms with Gasteiger partial charge in [-0.05, 0) is 59.7 Å². The second-order valence-corrected chi connectivity index (χ2v) is 7.25. The number of carboxylic acid groups (broad SMARTS) is 1. The lowest BCUT2D eigenvalue weighted by Gasteiger charge is -2.27. The van der Waals surface area contributed by atoms with Crippen LogP contribution in [-0.4, -0.2) is 19.8 Å². The maximum absolute atomic E-state index is 11.9. The molecule has 0 fully saturated rings. The van der Waals surface area contributed by atoms with Crippen molar-refractivity contribution in [3.8, 4) is 11.1 Å². The summed E-state index contributed by atoms with van der Waals surface area (Å²) in [5.41, 5.74) is 1.98. The Morgan fingerprint density at radius 3 is 2.07 bits per heavy atom. The maximum Gasteiger partial charge on any atom is 0.335 e. The lowest BCUT2D eigenvalue weighted by molar-refractivity contribution is 0.0697. The normalized spacial score (nSPS) is 11.8. The second-order valence-electron chi connectivity index (χ2n) is 5.58. The van der Waals surface area contributed by atoms with Gasteiger partial charge in [-0.3, -0.25) is 8.51 Å². The van der Waals surface area contributed by atoms with Gasteiger partial charge < -0.3 is 9.66 Å². The molecule has 0 aliphatic rings. The van der Waals surface area contributed by atoms with Gasteiger partial charge in [-0.1, -0.05) is 41.4 Å². The monoisotopic (exact) mass is 420 g/mol. The molecule has 3 rings (SSSR count). The molecule has 0 aromatic heterocycles. The summed E-state index contributed by atoms with van der Waals surface area (Å²) in [6, 6.07) is 17.5. The first-order chi connectivity index (χ1) is 12.8. The Hall–Kier alpha value is -2.38. The number of carboxylic acids is 1. The molecule has 1 N–H and O–H groups in total. The maximum atomic E-state index is 11.9. The van der Waals surface area contributed by atoms with E-state index in [4.69, 9.17) is 28.3 Å². The first-order valence-electron chi connectivity index (χ1n) is 7.64. The summed E-state index contributed by atoms with van der Waals surface area (Å²) in [4.78, 5) is 11.2. The second kappa shape index (κ2) is 8.10. The van der Waals surface area contributed by atoms with Crippen LogP contribution in [0.25, 0.3) is 11.1 Å². The molecule has 0 radical (unpaired) electrons. The Morgan fingerprint density at radius 1 is 0.889 bits per heavy atom. The molecule has 138 valence electrons. The number of rotatable bonds is 5. The summed E-state index contributed by atoms with van der Waals surface area (Å²) >= 11 is 9.43. The fraction of sp³-hybridized carbons (Fsp3) is 0. The van der Waals surface area contributed by atoms with Crippen LogP contribution in [0.3, 0.4) is 0 Å². The summed E-state index contributed by atoms with van der Waals surface area (Å²) in [5.74, 6) is -1.14. The average molecular weight is 421 g/mol. The summed E-state index contributed by atoms with van der Waals surface area (Å²) in [7, 11) is 0. The van der Waals surface area contributed by atoms with Gasteiger partial charge in [0.1, 0.15) is 0 Å². The van der Waals surface area contributed by atoms with Crippen LogP contribution in [-0.2, 0) is 11.3 Å². The van der Waals surface area contributed by atoms with E-state index in [1.807, 2.05) is 0 Å². The molecule has 1 atom stereocenters. The summed E-state index contributed by atoms with van der Waals surface area (Å²) in [6.45, 7) is 0. The molecule has 8 heteroatoms. The molecular formula is C19H12Cl2NO4S-. The largest absolute Gasteiger partial charge is 0.755 e. The van der Waals surface area contributed by atoms with E-state index in [1.165, 1.54) is 24.3 Å². The number of halogens is 2. The third-order valence-corrected chi connectivity index (χ3v) is 4.91. The Morgan fingerprint density at radius 2 is 1.48 bits per heavy atom. The number of benzene rings is 3. The van der Waals surface area contributed by atoms with Crippen molar-refractivity contribution in [3.63, 3.8) is 0 Å². The molecule has 0 heterocycles. The SMILES string of the molecule is O=C(O)c1cccc(N(c2cccc(-c3cc(Cl)cc(Cl)c3)c2)S(=O)[O-])c1. The van der Waals surface area contributed by atoms with E-state index in [1.54, 1.807) is 42.5 Å². The fourth-order valence-electron chi connectivity index (χ4n) is 2.62. The van der Waals surface area contributed by atoms with Gasteiger partial charge in [0.25, 0.3) is 0 Å². The number of hydrogen-bond acceptors (Lipinski definition) is 3. The predicted octanol–water partition coefficient (Wildman–Crippen LogP) is 5.29. The van der Waals surface area contributed by atoms with Crippen LogP contribution >= 0.6 is 23.2 Å². The van der Waals surface area contributed by atoms with Crippen LogP contribution in [0, 0.1) is 0 Å². The third-order valence-electron chi connectivity index (χ3n) is 3.75. The molecule has 0 aliphatic heterocycles. The van der Waals surface area contributed by atoms with Gasteiger partial charge in [-0.15, -0.1) is 0 Å². The van der Waals surface area contributed by atoms with E-state index in [0.29, 0.717) is 21.3 Å². The van der Waals surface area contributed by atoms with Crippen molar-refractivity contribution in [3.05, 3.63) is 82.3 Å². The summed E-state index contributed by atoms with van der Waals surface area (Å²) < 4.78 is 24.8. The minimum atomic E-state index is -2.66. The van der Waals surface area contributed by atoms with Crippen LogP contribution in [0.4, 0.5) is 11.4 Å². The van der Waals surface area contributed by atoms with Gasteiger partial charge in [0, 0.05) is 10.0 Å². The molecule has 0 bridgehead atoms. The number of carbonyl (C=O) groups is 1. The number of nitrogens with zero attached hydrogens (tertiary/aromatic N) is 1. The standard InChI is InChI=1S/C19H13Cl2NO4S/c20-15-7-14(8-16(21)11-15)12-3-1-5-17(9-12)22(27(25)26)18-6-2-4-13(10-18)19(23)24/h1-11H,(H,23,24)(H,25,26)/p-1. The predicted molar refractivity (Wildman–Crippen MR) is 106 cm³/mol. The Kier molecular flexibility index (Phi) is 5.82. The first kappa shape index (κ1) is 19.4. The highest BCUT2D eigenvalue weighted by molar-refractivity contribution is 7.81. The van der Waals surface area contributed by atoms with Crippen molar-refractivity contribution >= 4 is 51.8 Å². The zero-order valence-corrected chi connectivity index (χ0v) is 16.0. The van der Waals surface area contributed by atoms with E-state index >= 15 is 0 Å². The van der Waals surface area contributed by atoms with Crippen molar-refractivity contribution in [2.75, 3.05) is 4.31 Å². The van der Waals surface area contributed by atoms with Crippen LogP contribution in [0.1, 0.15) is 10.4 Å². The van der Waals surface area contributed by atoms with Crippen LogP contribution in [0.5, 0.6) is 0 Å². The van der Waals surface area contributed by atoms with Gasteiger partial charge >= 0.3 is 5.97 Å². The lowest BCUT2D eigenvalue weighted by atomic mass is 10.0. The van der Waals surface area contributed by atoms with Crippen LogP contribution in [0.15, 0.2) is 66.7 Å². The summed E-state index contributed by atoms with van der Waals surface area (Å²) in [5, 5.41) is 10.1. The Bertz CT molecular complexity index is 1020. The molecule has 0 saturated carbocycles. The van der Waals surface area contributed by atoms with Crippen molar-refractivity contribution in [2.45, 2.75) is 0 Å². The van der Waals surface area contributed by atoms with E-state index in [9.17, 15) is 13.6 Å². The quantitative estimate of drug-likeness (QED) is 0.568. The highest BCUT2D eigenvalue weighted by Gasteiger charge is 2.14. The smallest absolute Gasteiger partial charge is 0.335 e. The first-order valence-corrected chi connectivity index (χ1v) is 9.43. The fourth-order valence-corrected chi connectivity index (χ4v) is 3.72. The number of aromatic carboxylic acids is 1. The van der Waals surface area contributed by atoms with E-state index in [-0.39, 0.29) is 11.3 Å². The van der Waals surface area contributed by atoms with Crippen molar-refractivity contribution in [1.29, 1.82) is 0 Å². The molecule has 0 aliphatic carbocycles. The average Bonchev–Trinajstić information content (AvgIpc) is 2.61. The molecule has 0 amide bonds. The zero-order chi connectivity index (χ0) is 19.6. The summed E-state index contributed by atoms with van der Waals surface area (Å²) in [6.07, 6.45) is 0. The van der Waals surface area contributed by atoms with Crippen molar-refractivity contribution < 1.29 is 18.7 Å². The molecule has 3 aromatic rings. The van der Waals surface area contributed by atoms with E-state index in [0.717, 1.165) is 9.87 Å². The molecule has 3 aromatic carbocycles. The van der Waals surface area contributed by atoms with E-state index < -0.39 is 17.2 Å². The Balaban J connectivity index is 2.08. The topological polar surface area (TPSA) is 80.7 Å². The highest BCUT2D eigenvalue weighted by atomic mass is 35.5. The van der Waals surface area contributed by atoms with Gasteiger partial charge in [0.2, 0.25) is 0 Å². The minimum Gasteiger partial charge on any atom is -0.755 e. The molecular weight excluding hydrogens is 409 g/mol. The number of hydrogen-bond donors (Lipinski definition) is 1. The Labute approximate surface area is 168 Å². The van der Waals surface area contributed by atoms with E-state index in [2.05, 4.69) is 0 Å². The van der Waals surface area contributed by atoms with Gasteiger partial charge in [-0.2, -0.15) is 0 Å². The van der Waals surface area contributed by atoms with Crippen LogP contribution in [0.2, 0.25) is 10.0 Å². The number of anilines is 2. The third kappa shape index (κ3) is 4.48. The van der Waals surface area contributed by atoms with Gasteiger partial charge in [-0.25, -0.2) is 4.79 Å². The minimum absolute atomic E-state index is 0.0132. The molecule has 1 unspecified atom stereocenters. The molecule has 27 heavy (non-hydrogen) atoms. The molecule has 0 spiro atoms. The van der Waals surface area contributed by atoms with Gasteiger partial charge in [0.05, 0.1) is 28.2 Å². The van der Waals surface area contributed by atoms with Crippen molar-refractivity contribution in [2.24, 2.45) is 0 Å². The highest BCUT2D eigenvalue weighted by Crippen LogP contribution is 2.33. The molecule has 0 saturated heterocycles. The van der Waals surface area contributed by atoms with Crippen LogP contribution < -0.4 is 4.31 Å². The van der Waals surface area contributed by atoms with Crippen molar-refractivity contribution in [1.82, 2.24) is 0 Å².